The van der Waals surface area contributed by atoms with Crippen molar-refractivity contribution in [1.82, 2.24) is 9.15 Å². The number of aryl methyl sites for hydroxylation is 6. The highest BCUT2D eigenvalue weighted by molar-refractivity contribution is 5.92. The van der Waals surface area contributed by atoms with Gasteiger partial charge in [0.1, 0.15) is 37.3 Å². The molecule has 0 N–H and O–H groups in total. The summed E-state index contributed by atoms with van der Waals surface area (Å²) < 4.78 is 19.6. The van der Waals surface area contributed by atoms with Crippen LogP contribution in [0.25, 0.3) is 21.9 Å². The minimum absolute atomic E-state index is 0.869. The Morgan fingerprint density at radius 1 is 0.473 bits per heavy atom. The molecule has 0 atom stereocenters. The van der Waals surface area contributed by atoms with Crippen LogP contribution >= 0.6 is 0 Å². The van der Waals surface area contributed by atoms with E-state index in [0.29, 0.717) is 0 Å². The molecular weight excluding hydrogens is 677 g/mol. The van der Waals surface area contributed by atoms with E-state index < -0.39 is 0 Å². The second-order valence-corrected chi connectivity index (χ2v) is 19.1. The maximum Gasteiger partial charge on any atom is 0.371 e. The van der Waals surface area contributed by atoms with Crippen LogP contribution in [0, 0.1) is 11.8 Å². The molecular formula is C49H62N4O2+2. The van der Waals surface area contributed by atoms with Crippen molar-refractivity contribution in [3.05, 3.63) is 67.7 Å². The zero-order chi connectivity index (χ0) is 36.0. The summed E-state index contributed by atoms with van der Waals surface area (Å²) in [6, 6.07) is 5.11. The van der Waals surface area contributed by atoms with E-state index in [1.54, 1.807) is 44.8 Å². The zero-order valence-corrected chi connectivity index (χ0v) is 33.4. The van der Waals surface area contributed by atoms with Gasteiger partial charge in [0.25, 0.3) is 0 Å². The predicted octanol–water partition coefficient (Wildman–Crippen LogP) is 7.79. The van der Waals surface area contributed by atoms with Crippen LogP contribution in [0.2, 0.25) is 0 Å². The van der Waals surface area contributed by atoms with Crippen molar-refractivity contribution in [2.45, 2.75) is 135 Å². The molecule has 8 heterocycles. The summed E-state index contributed by atoms with van der Waals surface area (Å²) in [6.07, 6.45) is 26.9. The van der Waals surface area contributed by atoms with Gasteiger partial charge in [-0.3, -0.25) is 0 Å². The number of fused-ring (bicyclic) bond motifs is 8. The van der Waals surface area contributed by atoms with E-state index in [1.807, 2.05) is 0 Å². The smallest absolute Gasteiger partial charge is 0.371 e. The fraction of sp³-hybridized carbons (Fsp3) is 0.633. The van der Waals surface area contributed by atoms with Crippen molar-refractivity contribution in [1.29, 1.82) is 0 Å². The number of benzene rings is 2. The van der Waals surface area contributed by atoms with Crippen LogP contribution in [0.15, 0.2) is 21.0 Å². The second-order valence-electron chi connectivity index (χ2n) is 19.1. The van der Waals surface area contributed by atoms with Crippen LogP contribution in [0.4, 0.5) is 11.4 Å². The average molecular weight is 739 g/mol. The SMILES string of the molecule is c1c2c3c(c4oc(=[N+]5CCC(CCCC6CC[N+](=c7oc8c9c%10c(cc8c8c7CCC8)CCCN%10CCC9)CC6)CC5)c5c(c14)CCC5)CCCN3CCC2. The van der Waals surface area contributed by atoms with E-state index >= 15 is 0 Å². The molecule has 0 saturated carbocycles. The summed E-state index contributed by atoms with van der Waals surface area (Å²) in [5.74, 6) is 1.74. The van der Waals surface area contributed by atoms with Crippen LogP contribution in [-0.2, 0) is 51.4 Å². The van der Waals surface area contributed by atoms with E-state index in [-0.39, 0.29) is 0 Å². The van der Waals surface area contributed by atoms with Gasteiger partial charge in [-0.15, -0.1) is 0 Å². The third kappa shape index (κ3) is 5.52. The number of hydrogen-bond donors (Lipinski definition) is 0. The summed E-state index contributed by atoms with van der Waals surface area (Å²) in [5.41, 5.74) is 20.7. The quantitative estimate of drug-likeness (QED) is 0.201. The first-order valence-corrected chi connectivity index (χ1v) is 23.2. The van der Waals surface area contributed by atoms with Gasteiger partial charge in [-0.2, -0.15) is 9.15 Å². The highest BCUT2D eigenvalue weighted by Crippen LogP contribution is 2.43. The molecule has 0 unspecified atom stereocenters. The fourth-order valence-electron chi connectivity index (χ4n) is 13.3. The van der Waals surface area contributed by atoms with Crippen molar-refractivity contribution in [2.75, 3.05) is 62.2 Å². The van der Waals surface area contributed by atoms with Gasteiger partial charge in [0.15, 0.2) is 0 Å². The lowest BCUT2D eigenvalue weighted by molar-refractivity contribution is 0.265. The molecule has 4 aromatic rings. The van der Waals surface area contributed by atoms with E-state index in [9.17, 15) is 0 Å². The Morgan fingerprint density at radius 3 is 1.33 bits per heavy atom. The topological polar surface area (TPSA) is 38.8 Å². The molecule has 2 aromatic carbocycles. The summed E-state index contributed by atoms with van der Waals surface area (Å²) >= 11 is 0. The van der Waals surface area contributed by atoms with Gasteiger partial charge >= 0.3 is 11.1 Å². The summed E-state index contributed by atoms with van der Waals surface area (Å²) in [7, 11) is 0. The first kappa shape index (κ1) is 33.6. The maximum atomic E-state index is 7.12. The van der Waals surface area contributed by atoms with E-state index in [1.165, 1.54) is 231 Å². The van der Waals surface area contributed by atoms with Crippen LogP contribution < -0.4 is 30.1 Å². The van der Waals surface area contributed by atoms with Crippen molar-refractivity contribution in [3.63, 3.8) is 0 Å². The lowest BCUT2D eigenvalue weighted by atomic mass is 9.87. The number of piperidine rings is 2. The average Bonchev–Trinajstić information content (AvgIpc) is 3.94. The molecule has 2 aliphatic carbocycles. The van der Waals surface area contributed by atoms with Gasteiger partial charge in [0.2, 0.25) is 0 Å². The molecule has 55 heavy (non-hydrogen) atoms. The van der Waals surface area contributed by atoms with E-state index in [4.69, 9.17) is 8.83 Å². The Kier molecular flexibility index (Phi) is 8.27. The Bertz CT molecular complexity index is 2190. The Labute approximate surface area is 326 Å². The maximum absolute atomic E-state index is 7.12. The lowest BCUT2D eigenvalue weighted by Crippen LogP contribution is -2.40. The minimum atomic E-state index is 0.869. The van der Waals surface area contributed by atoms with Gasteiger partial charge in [0, 0.05) is 85.1 Å². The minimum Gasteiger partial charge on any atom is -0.404 e. The molecule has 0 amide bonds. The molecule has 0 bridgehead atoms. The third-order valence-corrected chi connectivity index (χ3v) is 16.0. The van der Waals surface area contributed by atoms with Crippen LogP contribution in [0.3, 0.4) is 0 Å². The standard InChI is InChI=1S/C49H62N4O2/c1(8-32-18-26-52(27-19-32)48-38-14-2-12-36(38)42-30-34-10-4-22-50-24-6-16-40(44(34)50)46(42)54-48)9-33-20-28-53(29-21-33)49-39-15-3-13-37(39)43-31-35-11-5-23-51-25-7-17-41(45(35)51)47(43)55-49/h30-33H,1-29H2/q+2. The summed E-state index contributed by atoms with van der Waals surface area (Å²) in [6.45, 7) is 9.55. The molecule has 6 heteroatoms. The van der Waals surface area contributed by atoms with Crippen LogP contribution in [-0.4, -0.2) is 52.4 Å². The largest absolute Gasteiger partial charge is 0.404 e. The first-order valence-electron chi connectivity index (χ1n) is 23.2. The third-order valence-electron chi connectivity index (χ3n) is 16.0. The lowest BCUT2D eigenvalue weighted by Gasteiger charge is -2.37. The van der Waals surface area contributed by atoms with E-state index in [0.717, 1.165) is 11.8 Å². The second kappa shape index (κ2) is 13.5. The summed E-state index contributed by atoms with van der Waals surface area (Å²) in [5, 5.41) is 2.92. The monoisotopic (exact) mass is 738 g/mol. The van der Waals surface area contributed by atoms with Gasteiger partial charge in [-0.05, 0) is 149 Å². The highest BCUT2D eigenvalue weighted by Gasteiger charge is 2.34. The van der Waals surface area contributed by atoms with Crippen LogP contribution in [0.5, 0.6) is 0 Å². The van der Waals surface area contributed by atoms with Gasteiger partial charge in [-0.1, -0.05) is 6.42 Å². The van der Waals surface area contributed by atoms with Crippen molar-refractivity contribution in [2.24, 2.45) is 11.8 Å². The molecule has 8 aliphatic rings. The molecule has 12 rings (SSSR count). The number of hydrogen-bond acceptors (Lipinski definition) is 4. The first-order chi connectivity index (χ1) is 27.2. The van der Waals surface area contributed by atoms with Gasteiger partial charge in [0.05, 0.1) is 11.1 Å². The zero-order valence-electron chi connectivity index (χ0n) is 33.4. The van der Waals surface area contributed by atoms with Gasteiger partial charge in [-0.25, -0.2) is 0 Å². The van der Waals surface area contributed by atoms with Crippen LogP contribution in [0.1, 0.15) is 128 Å². The van der Waals surface area contributed by atoms with Crippen molar-refractivity contribution in [3.8, 4) is 0 Å². The van der Waals surface area contributed by atoms with Gasteiger partial charge < -0.3 is 18.6 Å². The molecule has 6 aliphatic heterocycles. The molecule has 2 fully saturated rings. The molecule has 288 valence electrons. The Balaban J connectivity index is 0.732. The van der Waals surface area contributed by atoms with E-state index in [2.05, 4.69) is 31.1 Å². The predicted molar refractivity (Wildman–Crippen MR) is 223 cm³/mol. The Hall–Kier alpha value is -3.54. The molecule has 0 spiro atoms. The van der Waals surface area contributed by atoms with Crippen molar-refractivity contribution < 1.29 is 8.83 Å². The Morgan fingerprint density at radius 2 is 0.873 bits per heavy atom. The number of rotatable bonds is 4. The number of nitrogens with zero attached hydrogens (tertiary/aromatic N) is 4. The molecule has 2 aromatic heterocycles. The summed E-state index contributed by atoms with van der Waals surface area (Å²) in [4.78, 5) is 5.35. The van der Waals surface area contributed by atoms with Crippen molar-refractivity contribution >= 4 is 33.3 Å². The molecule has 2 saturated heterocycles. The molecule has 6 nitrogen and oxygen atoms in total. The highest BCUT2D eigenvalue weighted by atomic mass is 16.3. The number of anilines is 2. The fourth-order valence-corrected chi connectivity index (χ4v) is 13.3. The molecule has 0 radical (unpaired) electrons. The normalized spacial score (nSPS) is 24.4.